The summed E-state index contributed by atoms with van der Waals surface area (Å²) in [5.74, 6) is 1.28. The molecule has 62 heavy (non-hydrogen) atoms. The van der Waals surface area contributed by atoms with Crippen LogP contribution in [0, 0.1) is 11.8 Å². The number of fused-ring (bicyclic) bond motifs is 2. The van der Waals surface area contributed by atoms with Gasteiger partial charge in [-0.15, -0.1) is 0 Å². The molecule has 4 aliphatic heterocycles. The van der Waals surface area contributed by atoms with Crippen LogP contribution in [-0.4, -0.2) is 118 Å². The molecule has 6 aromatic heterocycles. The van der Waals surface area contributed by atoms with Crippen LogP contribution in [0.5, 0.6) is 11.5 Å². The van der Waals surface area contributed by atoms with E-state index in [4.69, 9.17) is 19.4 Å². The number of methoxy groups -OCH3 is 2. The molecular weight excluding hydrogens is 799 g/mol. The number of aromatic nitrogens is 6. The van der Waals surface area contributed by atoms with E-state index in [0.717, 1.165) is 6.42 Å². The van der Waals surface area contributed by atoms with E-state index in [9.17, 15) is 14.0 Å². The first-order chi connectivity index (χ1) is 30.3. The predicted molar refractivity (Wildman–Crippen MR) is 230 cm³/mol. The minimum absolute atomic E-state index is 0.0461. The van der Waals surface area contributed by atoms with Gasteiger partial charge in [0.1, 0.15) is 58.1 Å². The molecule has 6 atom stereocenters. The third-order valence-corrected chi connectivity index (χ3v) is 12.7. The molecule has 2 amide bonds. The summed E-state index contributed by atoms with van der Waals surface area (Å²) >= 11 is 0. The Morgan fingerprint density at radius 2 is 1.37 bits per heavy atom. The molecule has 6 aromatic rings. The van der Waals surface area contributed by atoms with Crippen molar-refractivity contribution in [2.75, 3.05) is 73.9 Å². The van der Waals surface area contributed by atoms with Crippen molar-refractivity contribution in [1.82, 2.24) is 39.4 Å². The van der Waals surface area contributed by atoms with Gasteiger partial charge in [-0.3, -0.25) is 18.4 Å². The molecule has 0 bridgehead atoms. The number of carbonyl (C=O) groups is 2. The SMILES string of the molecule is COc1cc2ncc(-c3cccc(N[C@H]4CNCC(C5CC(=O)N(c6cn7c(-c8cccc(NC9CNCCC9F)n8)cnc7cc6OC)C5)[C@@H]4F)n3)n2cc1N1CCCC1=O. The smallest absolute Gasteiger partial charge is 0.227 e. The standard InChI is InChI=1S/C44H48F2N12O4/c1-61-36-15-40-49-20-32(56(40)23-34(36)55-13-5-10-42(55)59)29-7-4-9-39(52-29)54-31-19-48-17-26(44(31)46)25-14-43(60)58(22-25)35-24-57-33(21-50-41(57)16-37(35)62-2)28-6-3-8-38(51-28)53-30-18-47-12-11-27(30)45/h3-4,6-9,15-16,20-21,23-27,30-31,44,47-48H,5,10-14,17-19,22H2,1-2H3,(H,51,53)(H,52,54)/t25?,26?,27?,30?,31-,44-/m0/s1. The molecule has 18 heteroatoms. The molecule has 4 saturated heterocycles. The molecule has 0 spiro atoms. The summed E-state index contributed by atoms with van der Waals surface area (Å²) in [4.78, 5) is 48.8. The van der Waals surface area contributed by atoms with E-state index in [2.05, 4.69) is 31.2 Å². The van der Waals surface area contributed by atoms with Gasteiger partial charge in [-0.25, -0.2) is 28.7 Å². The third kappa shape index (κ3) is 7.29. The Morgan fingerprint density at radius 1 is 0.758 bits per heavy atom. The second-order valence-corrected chi connectivity index (χ2v) is 16.4. The lowest BCUT2D eigenvalue weighted by Crippen LogP contribution is -2.54. The van der Waals surface area contributed by atoms with Crippen LogP contribution in [0.3, 0.4) is 0 Å². The zero-order valence-electron chi connectivity index (χ0n) is 34.4. The molecular formula is C44H48F2N12O4. The number of amides is 2. The minimum Gasteiger partial charge on any atom is -0.494 e. The zero-order chi connectivity index (χ0) is 42.5. The number of carbonyl (C=O) groups excluding carboxylic acids is 2. The van der Waals surface area contributed by atoms with Crippen LogP contribution in [0.1, 0.15) is 25.7 Å². The first-order valence-corrected chi connectivity index (χ1v) is 21.1. The maximum absolute atomic E-state index is 16.7. The van der Waals surface area contributed by atoms with Crippen molar-refractivity contribution in [2.24, 2.45) is 11.8 Å². The highest BCUT2D eigenvalue weighted by Crippen LogP contribution is 2.40. The topological polar surface area (TPSA) is 168 Å². The molecule has 0 aliphatic carbocycles. The van der Waals surface area contributed by atoms with Crippen molar-refractivity contribution in [2.45, 2.75) is 50.1 Å². The largest absolute Gasteiger partial charge is 0.494 e. The van der Waals surface area contributed by atoms with E-state index in [1.54, 1.807) is 42.5 Å². The van der Waals surface area contributed by atoms with Gasteiger partial charge in [0.2, 0.25) is 11.8 Å². The summed E-state index contributed by atoms with van der Waals surface area (Å²) in [7, 11) is 3.13. The lowest BCUT2D eigenvalue weighted by molar-refractivity contribution is -0.118. The highest BCUT2D eigenvalue weighted by molar-refractivity contribution is 5.98. The van der Waals surface area contributed by atoms with E-state index < -0.39 is 24.3 Å². The quantitative estimate of drug-likeness (QED) is 0.142. The number of rotatable bonds is 11. The first-order valence-electron chi connectivity index (χ1n) is 21.1. The summed E-state index contributed by atoms with van der Waals surface area (Å²) in [6, 6.07) is 13.7. The summed E-state index contributed by atoms with van der Waals surface area (Å²) in [6.45, 7) is 2.87. The van der Waals surface area contributed by atoms with Gasteiger partial charge in [-0.2, -0.15) is 0 Å². The number of imidazole rings is 2. The van der Waals surface area contributed by atoms with Crippen LogP contribution in [0.4, 0.5) is 31.8 Å². The van der Waals surface area contributed by atoms with Gasteiger partial charge in [0, 0.05) is 76.0 Å². The van der Waals surface area contributed by atoms with Crippen LogP contribution in [0.25, 0.3) is 34.1 Å². The van der Waals surface area contributed by atoms with Gasteiger partial charge in [0.25, 0.3) is 0 Å². The number of ether oxygens (including phenoxy) is 2. The second-order valence-electron chi connectivity index (χ2n) is 16.4. The average molecular weight is 847 g/mol. The number of halogens is 2. The van der Waals surface area contributed by atoms with Gasteiger partial charge in [-0.05, 0) is 49.6 Å². The van der Waals surface area contributed by atoms with Crippen molar-refractivity contribution < 1.29 is 27.8 Å². The molecule has 4 N–H and O–H groups in total. The number of piperidine rings is 2. The van der Waals surface area contributed by atoms with Gasteiger partial charge >= 0.3 is 0 Å². The normalized spacial score (nSPS) is 24.3. The predicted octanol–water partition coefficient (Wildman–Crippen LogP) is 4.75. The molecule has 0 saturated carbocycles. The van der Waals surface area contributed by atoms with E-state index in [1.165, 1.54) is 0 Å². The summed E-state index contributed by atoms with van der Waals surface area (Å²) < 4.78 is 46.5. The van der Waals surface area contributed by atoms with Crippen LogP contribution in [0.15, 0.2) is 73.3 Å². The third-order valence-electron chi connectivity index (χ3n) is 12.7. The van der Waals surface area contributed by atoms with E-state index in [1.807, 2.05) is 63.7 Å². The van der Waals surface area contributed by atoms with Crippen molar-refractivity contribution >= 4 is 46.1 Å². The Bertz CT molecular complexity index is 2660. The maximum Gasteiger partial charge on any atom is 0.227 e. The van der Waals surface area contributed by atoms with E-state index in [0.29, 0.717) is 121 Å². The monoisotopic (exact) mass is 846 g/mol. The molecule has 4 fully saturated rings. The molecule has 4 aliphatic rings. The molecule has 322 valence electrons. The van der Waals surface area contributed by atoms with Crippen LogP contribution >= 0.6 is 0 Å². The zero-order valence-corrected chi connectivity index (χ0v) is 34.4. The highest BCUT2D eigenvalue weighted by atomic mass is 19.1. The van der Waals surface area contributed by atoms with Crippen molar-refractivity contribution in [3.05, 3.63) is 73.3 Å². The maximum atomic E-state index is 16.7. The number of hydrogen-bond donors (Lipinski definition) is 4. The fourth-order valence-electron chi connectivity index (χ4n) is 9.41. The molecule has 0 radical (unpaired) electrons. The number of alkyl halides is 2. The lowest BCUT2D eigenvalue weighted by atomic mass is 9.82. The van der Waals surface area contributed by atoms with Gasteiger partial charge in [0.15, 0.2) is 0 Å². The fraction of sp³-hybridized carbons (Fsp3) is 0.409. The van der Waals surface area contributed by atoms with Crippen LogP contribution in [-0.2, 0) is 9.59 Å². The fourth-order valence-corrected chi connectivity index (χ4v) is 9.41. The Morgan fingerprint density at radius 3 is 1.97 bits per heavy atom. The Balaban J connectivity index is 0.861. The minimum atomic E-state index is -1.28. The summed E-state index contributed by atoms with van der Waals surface area (Å²) in [5.41, 5.74) is 5.10. The van der Waals surface area contributed by atoms with Crippen LogP contribution < -0.4 is 40.5 Å². The number of anilines is 4. The van der Waals surface area contributed by atoms with E-state index in [-0.39, 0.29) is 30.2 Å². The Labute approximate surface area is 356 Å². The highest BCUT2D eigenvalue weighted by Gasteiger charge is 2.44. The van der Waals surface area contributed by atoms with Crippen molar-refractivity contribution in [3.63, 3.8) is 0 Å². The molecule has 16 nitrogen and oxygen atoms in total. The van der Waals surface area contributed by atoms with Crippen LogP contribution in [0.2, 0.25) is 0 Å². The van der Waals surface area contributed by atoms with Crippen molar-refractivity contribution in [1.29, 1.82) is 0 Å². The molecule has 10 rings (SSSR count). The summed E-state index contributed by atoms with van der Waals surface area (Å²) in [6.07, 6.45) is 6.74. The molecule has 0 aromatic carbocycles. The molecule has 10 heterocycles. The Kier molecular flexibility index (Phi) is 10.5. The van der Waals surface area contributed by atoms with Gasteiger partial charge < -0.3 is 40.5 Å². The summed E-state index contributed by atoms with van der Waals surface area (Å²) in [5, 5.41) is 13.2. The Hall–Kier alpha value is -6.40. The van der Waals surface area contributed by atoms with Crippen molar-refractivity contribution in [3.8, 4) is 34.3 Å². The molecule has 4 unspecified atom stereocenters. The second kappa shape index (κ2) is 16.5. The van der Waals surface area contributed by atoms with Gasteiger partial charge in [0.05, 0.1) is 61.5 Å². The lowest BCUT2D eigenvalue weighted by Gasteiger charge is -2.37. The average Bonchev–Trinajstić information content (AvgIpc) is 4.10. The first kappa shape index (κ1) is 39.7. The van der Waals surface area contributed by atoms with E-state index >= 15 is 4.39 Å². The number of nitrogens with zero attached hydrogens (tertiary/aromatic N) is 8. The number of pyridine rings is 4. The van der Waals surface area contributed by atoms with Gasteiger partial charge in [-0.1, -0.05) is 12.1 Å². The number of hydrogen-bond acceptors (Lipinski definition) is 12. The number of nitrogens with one attached hydrogen (secondary N) is 4.